The van der Waals surface area contributed by atoms with Crippen molar-refractivity contribution in [3.05, 3.63) is 65.7 Å². The van der Waals surface area contributed by atoms with Gasteiger partial charge in [0.25, 0.3) is 0 Å². The van der Waals surface area contributed by atoms with E-state index in [0.717, 1.165) is 67.2 Å². The van der Waals surface area contributed by atoms with Crippen molar-refractivity contribution in [2.75, 3.05) is 24.2 Å². The first-order valence-electron chi connectivity index (χ1n) is 11.4. The number of anilines is 1. The van der Waals surface area contributed by atoms with E-state index in [1.54, 1.807) is 0 Å². The van der Waals surface area contributed by atoms with Gasteiger partial charge in [0.05, 0.1) is 21.5 Å². The van der Waals surface area contributed by atoms with Crippen LogP contribution in [0.2, 0.25) is 0 Å². The maximum atomic E-state index is 14.6. The second-order valence-electron chi connectivity index (χ2n) is 8.78. The van der Waals surface area contributed by atoms with Gasteiger partial charge in [0.1, 0.15) is 11.6 Å². The number of fused-ring (bicyclic) bond motifs is 1. The van der Waals surface area contributed by atoms with E-state index in [2.05, 4.69) is 43.9 Å². The number of H-pyrrole nitrogens is 1. The quantitative estimate of drug-likeness (QED) is 0.453. The molecule has 7 nitrogen and oxygen atoms in total. The molecule has 1 aliphatic rings. The molecule has 0 radical (unpaired) electrons. The van der Waals surface area contributed by atoms with Crippen molar-refractivity contribution in [1.82, 2.24) is 19.9 Å². The molecule has 0 atom stereocenters. The van der Waals surface area contributed by atoms with Crippen LogP contribution in [0, 0.1) is 5.82 Å². The van der Waals surface area contributed by atoms with Crippen molar-refractivity contribution < 1.29 is 12.8 Å². The van der Waals surface area contributed by atoms with E-state index >= 15 is 0 Å². The van der Waals surface area contributed by atoms with E-state index in [9.17, 15) is 12.8 Å². The average molecular weight is 480 g/mol. The number of aryl methyl sites for hydroxylation is 1. The summed E-state index contributed by atoms with van der Waals surface area (Å²) in [4.78, 5) is 18.9. The molecular formula is C25H26FN5O2S. The fraction of sp³-hybridized carbons (Fsp3) is 0.320. The Morgan fingerprint density at radius 2 is 1.82 bits per heavy atom. The van der Waals surface area contributed by atoms with Gasteiger partial charge in [-0.15, -0.1) is 0 Å². The summed E-state index contributed by atoms with van der Waals surface area (Å²) in [5, 5.41) is 0. The third-order valence-corrected chi connectivity index (χ3v) is 7.59. The Hall–Kier alpha value is -3.33. The largest absolute Gasteiger partial charge is 0.341 e. The standard InChI is InChI=1S/C25H26FN5O2S/c1-3-16-14-27-25(28-15-16)31-10-8-17(9-11-31)18-4-7-22-23(12-18)30-24(29-22)20-6-5-19(13-21(20)26)34(2,32)33/h4-7,12-15,17H,3,8-11H2,1-2H3,(H,29,30). The lowest BCUT2D eigenvalue weighted by atomic mass is 9.89. The zero-order valence-corrected chi connectivity index (χ0v) is 19.9. The van der Waals surface area contributed by atoms with Gasteiger partial charge < -0.3 is 9.88 Å². The number of hydrogen-bond acceptors (Lipinski definition) is 6. The lowest BCUT2D eigenvalue weighted by Crippen LogP contribution is -2.34. The zero-order chi connectivity index (χ0) is 23.9. The van der Waals surface area contributed by atoms with E-state index in [0.29, 0.717) is 11.7 Å². The number of sulfone groups is 1. The van der Waals surface area contributed by atoms with Crippen LogP contribution in [0.15, 0.2) is 53.7 Å². The molecule has 176 valence electrons. The minimum atomic E-state index is -3.47. The Balaban J connectivity index is 1.33. The SMILES string of the molecule is CCc1cnc(N2CCC(c3ccc4[nH]c(-c5ccc(S(C)(=O)=O)cc5F)nc4c3)CC2)nc1. The molecule has 2 aromatic heterocycles. The summed E-state index contributed by atoms with van der Waals surface area (Å²) in [6.07, 6.45) is 7.76. The summed E-state index contributed by atoms with van der Waals surface area (Å²) in [5.41, 5.74) is 4.16. The van der Waals surface area contributed by atoms with Crippen LogP contribution in [0.5, 0.6) is 0 Å². The second-order valence-corrected chi connectivity index (χ2v) is 10.8. The van der Waals surface area contributed by atoms with Gasteiger partial charge in [-0.25, -0.2) is 27.8 Å². The van der Waals surface area contributed by atoms with Gasteiger partial charge in [-0.3, -0.25) is 0 Å². The Morgan fingerprint density at radius 1 is 1.09 bits per heavy atom. The van der Waals surface area contributed by atoms with Crippen LogP contribution < -0.4 is 4.90 Å². The number of nitrogens with zero attached hydrogens (tertiary/aromatic N) is 4. The van der Waals surface area contributed by atoms with Gasteiger partial charge in [-0.2, -0.15) is 0 Å². The van der Waals surface area contributed by atoms with E-state index in [1.807, 2.05) is 18.5 Å². The number of aromatic amines is 1. The van der Waals surface area contributed by atoms with Crippen LogP contribution in [0.3, 0.4) is 0 Å². The molecule has 0 unspecified atom stereocenters. The minimum absolute atomic E-state index is 0.0507. The van der Waals surface area contributed by atoms with Gasteiger partial charge in [0.15, 0.2) is 9.84 Å². The lowest BCUT2D eigenvalue weighted by molar-refractivity contribution is 0.499. The van der Waals surface area contributed by atoms with Crippen molar-refractivity contribution in [1.29, 1.82) is 0 Å². The molecular weight excluding hydrogens is 453 g/mol. The summed E-state index contributed by atoms with van der Waals surface area (Å²) in [6, 6.07) is 10.0. The van der Waals surface area contributed by atoms with Crippen LogP contribution in [-0.4, -0.2) is 47.7 Å². The molecule has 1 fully saturated rings. The molecule has 3 heterocycles. The molecule has 0 aliphatic carbocycles. The summed E-state index contributed by atoms with van der Waals surface area (Å²) in [6.45, 7) is 3.86. The molecule has 1 aliphatic heterocycles. The maximum Gasteiger partial charge on any atom is 0.225 e. The smallest absolute Gasteiger partial charge is 0.225 e. The second kappa shape index (κ2) is 8.79. The van der Waals surface area contributed by atoms with Gasteiger partial charge in [0, 0.05) is 31.7 Å². The number of halogens is 1. The number of rotatable bonds is 5. The van der Waals surface area contributed by atoms with Gasteiger partial charge in [0.2, 0.25) is 5.95 Å². The fourth-order valence-electron chi connectivity index (χ4n) is 4.43. The fourth-order valence-corrected chi connectivity index (χ4v) is 5.06. The molecule has 2 aromatic carbocycles. The van der Waals surface area contributed by atoms with Crippen LogP contribution >= 0.6 is 0 Å². The van der Waals surface area contributed by atoms with Crippen molar-refractivity contribution in [3.63, 3.8) is 0 Å². The Kier molecular flexibility index (Phi) is 5.81. The highest BCUT2D eigenvalue weighted by Gasteiger charge is 2.23. The van der Waals surface area contributed by atoms with Gasteiger partial charge in [-0.1, -0.05) is 13.0 Å². The summed E-state index contributed by atoms with van der Waals surface area (Å²) in [5.74, 6) is 0.949. The summed E-state index contributed by atoms with van der Waals surface area (Å²) in [7, 11) is -3.47. The highest BCUT2D eigenvalue weighted by molar-refractivity contribution is 7.90. The van der Waals surface area contributed by atoms with E-state index in [4.69, 9.17) is 0 Å². The number of imidazole rings is 1. The monoisotopic (exact) mass is 479 g/mol. The number of piperidine rings is 1. The molecule has 1 N–H and O–H groups in total. The predicted octanol–water partition coefficient (Wildman–Crippen LogP) is 4.51. The highest BCUT2D eigenvalue weighted by atomic mass is 32.2. The first-order valence-corrected chi connectivity index (χ1v) is 13.3. The molecule has 0 amide bonds. The minimum Gasteiger partial charge on any atom is -0.341 e. The topological polar surface area (TPSA) is 91.8 Å². The normalized spacial score (nSPS) is 15.2. The van der Waals surface area contributed by atoms with Crippen molar-refractivity contribution in [2.45, 2.75) is 37.0 Å². The van der Waals surface area contributed by atoms with Crippen molar-refractivity contribution >= 4 is 26.8 Å². The molecule has 0 bridgehead atoms. The lowest BCUT2D eigenvalue weighted by Gasteiger charge is -2.32. The van der Waals surface area contributed by atoms with E-state index in [1.165, 1.54) is 17.7 Å². The van der Waals surface area contributed by atoms with Gasteiger partial charge in [-0.05, 0) is 66.6 Å². The Bertz CT molecular complexity index is 1440. The first-order chi connectivity index (χ1) is 16.3. The number of benzene rings is 2. The van der Waals surface area contributed by atoms with Gasteiger partial charge >= 0.3 is 0 Å². The zero-order valence-electron chi connectivity index (χ0n) is 19.1. The molecule has 34 heavy (non-hydrogen) atoms. The third kappa shape index (κ3) is 4.40. The summed E-state index contributed by atoms with van der Waals surface area (Å²) >= 11 is 0. The van der Waals surface area contributed by atoms with E-state index in [-0.39, 0.29) is 10.5 Å². The maximum absolute atomic E-state index is 14.6. The number of aromatic nitrogens is 4. The number of hydrogen-bond donors (Lipinski definition) is 1. The highest BCUT2D eigenvalue weighted by Crippen LogP contribution is 2.32. The Labute approximate surface area is 198 Å². The summed E-state index contributed by atoms with van der Waals surface area (Å²) < 4.78 is 38.0. The molecule has 0 saturated carbocycles. The molecule has 1 saturated heterocycles. The Morgan fingerprint density at radius 3 is 2.47 bits per heavy atom. The van der Waals surface area contributed by atoms with E-state index < -0.39 is 15.7 Å². The molecule has 9 heteroatoms. The van der Waals surface area contributed by atoms with Crippen LogP contribution in [0.1, 0.15) is 36.8 Å². The number of nitrogens with one attached hydrogen (secondary N) is 1. The predicted molar refractivity (Wildman–Crippen MR) is 130 cm³/mol. The van der Waals surface area contributed by atoms with Crippen molar-refractivity contribution in [3.8, 4) is 11.4 Å². The van der Waals surface area contributed by atoms with Crippen LogP contribution in [0.4, 0.5) is 10.3 Å². The average Bonchev–Trinajstić information content (AvgIpc) is 3.26. The molecule has 5 rings (SSSR count). The van der Waals surface area contributed by atoms with Crippen LogP contribution in [0.25, 0.3) is 22.4 Å². The van der Waals surface area contributed by atoms with Crippen molar-refractivity contribution in [2.24, 2.45) is 0 Å². The molecule has 0 spiro atoms. The third-order valence-electron chi connectivity index (χ3n) is 6.48. The first kappa shape index (κ1) is 22.5. The molecule has 4 aromatic rings. The van der Waals surface area contributed by atoms with Crippen LogP contribution in [-0.2, 0) is 16.3 Å².